The maximum atomic E-state index is 13.1. The van der Waals surface area contributed by atoms with Crippen LogP contribution < -0.4 is 20.7 Å². The molecule has 11 heteroatoms. The second-order valence-electron chi connectivity index (χ2n) is 9.73. The van der Waals surface area contributed by atoms with E-state index in [0.29, 0.717) is 29.9 Å². The second-order valence-corrected chi connectivity index (χ2v) is 11.4. The summed E-state index contributed by atoms with van der Waals surface area (Å²) in [4.78, 5) is 37.8. The standard InChI is InChI=1S/C29H32N4O6S/c1-19-8-14-24(15-9-19)40(37,38)33-26(28(35)39-27(34)25-7-4-16-30-25)18-21-10-12-22(13-11-21)31-29(36)32-23-6-3-5-20(2)17-23/h3,5-6,8-15,17,25-26,30,33H,4,7,16,18H2,1-2H3,(H2,31,32,36)/t25-,26-/m0/s1. The number of hydrogen-bond acceptors (Lipinski definition) is 7. The van der Waals surface area contributed by atoms with E-state index in [9.17, 15) is 22.8 Å². The van der Waals surface area contributed by atoms with Crippen molar-refractivity contribution in [2.24, 2.45) is 0 Å². The van der Waals surface area contributed by atoms with E-state index in [0.717, 1.165) is 17.5 Å². The zero-order valence-electron chi connectivity index (χ0n) is 22.3. The van der Waals surface area contributed by atoms with E-state index in [2.05, 4.69) is 20.7 Å². The molecule has 10 nitrogen and oxygen atoms in total. The molecule has 4 rings (SSSR count). The van der Waals surface area contributed by atoms with Gasteiger partial charge in [0.05, 0.1) is 4.90 Å². The van der Waals surface area contributed by atoms with Crippen LogP contribution in [0.5, 0.6) is 0 Å². The number of hydrogen-bond donors (Lipinski definition) is 4. The van der Waals surface area contributed by atoms with Crippen LogP contribution in [0.25, 0.3) is 0 Å². The molecule has 0 radical (unpaired) electrons. The minimum Gasteiger partial charge on any atom is -0.391 e. The van der Waals surface area contributed by atoms with Crippen LogP contribution in [0, 0.1) is 13.8 Å². The molecule has 1 fully saturated rings. The molecule has 3 aromatic rings. The number of aryl methyl sites for hydroxylation is 2. The smallest absolute Gasteiger partial charge is 0.332 e. The predicted molar refractivity (Wildman–Crippen MR) is 151 cm³/mol. The summed E-state index contributed by atoms with van der Waals surface area (Å²) >= 11 is 0. The Morgan fingerprint density at radius 2 is 1.62 bits per heavy atom. The van der Waals surface area contributed by atoms with Crippen molar-refractivity contribution in [2.75, 3.05) is 17.2 Å². The molecule has 2 amide bonds. The number of anilines is 2. The fraction of sp³-hybridized carbons (Fsp3) is 0.276. The van der Waals surface area contributed by atoms with Crippen molar-refractivity contribution in [3.05, 3.63) is 89.5 Å². The molecule has 0 aromatic heterocycles. The summed E-state index contributed by atoms with van der Waals surface area (Å²) in [5, 5.41) is 8.45. The molecule has 1 saturated heterocycles. The Kier molecular flexibility index (Phi) is 9.30. The second kappa shape index (κ2) is 12.9. The maximum absolute atomic E-state index is 13.1. The molecule has 1 aliphatic rings. The van der Waals surface area contributed by atoms with E-state index in [4.69, 9.17) is 4.74 Å². The molecule has 1 heterocycles. The van der Waals surface area contributed by atoms with Crippen LogP contribution in [0.3, 0.4) is 0 Å². The van der Waals surface area contributed by atoms with Gasteiger partial charge in [-0.3, -0.25) is 0 Å². The normalized spacial score (nSPS) is 15.7. The number of nitrogens with one attached hydrogen (secondary N) is 4. The molecule has 0 bridgehead atoms. The van der Waals surface area contributed by atoms with E-state index in [1.165, 1.54) is 12.1 Å². The van der Waals surface area contributed by atoms with Crippen molar-refractivity contribution in [1.82, 2.24) is 10.0 Å². The molecular formula is C29H32N4O6S. The molecule has 0 saturated carbocycles. The van der Waals surface area contributed by atoms with E-state index in [1.807, 2.05) is 32.0 Å². The van der Waals surface area contributed by atoms with Crippen molar-refractivity contribution in [2.45, 2.75) is 50.1 Å². The molecule has 210 valence electrons. The van der Waals surface area contributed by atoms with Crippen LogP contribution in [-0.4, -0.2) is 45.0 Å². The Labute approximate surface area is 233 Å². The first-order chi connectivity index (χ1) is 19.1. The quantitative estimate of drug-likeness (QED) is 0.229. The average molecular weight is 565 g/mol. The summed E-state index contributed by atoms with van der Waals surface area (Å²) in [7, 11) is -4.10. The van der Waals surface area contributed by atoms with Crippen LogP contribution in [0.1, 0.15) is 29.5 Å². The van der Waals surface area contributed by atoms with Gasteiger partial charge in [0.25, 0.3) is 0 Å². The van der Waals surface area contributed by atoms with Gasteiger partial charge in [-0.2, -0.15) is 4.72 Å². The number of carbonyl (C=O) groups is 3. The largest absolute Gasteiger partial charge is 0.391 e. The third-order valence-electron chi connectivity index (χ3n) is 6.39. The van der Waals surface area contributed by atoms with Crippen molar-refractivity contribution in [3.8, 4) is 0 Å². The van der Waals surface area contributed by atoms with E-state index < -0.39 is 40.1 Å². The number of urea groups is 1. The lowest BCUT2D eigenvalue weighted by Crippen LogP contribution is -2.45. The zero-order chi connectivity index (χ0) is 28.7. The van der Waals surface area contributed by atoms with E-state index in [1.54, 1.807) is 42.5 Å². The van der Waals surface area contributed by atoms with Crippen LogP contribution in [0.15, 0.2) is 77.7 Å². The highest BCUT2D eigenvalue weighted by Gasteiger charge is 2.32. The summed E-state index contributed by atoms with van der Waals surface area (Å²) < 4.78 is 33.6. The SMILES string of the molecule is Cc1ccc(S(=O)(=O)N[C@@H](Cc2ccc(NC(=O)Nc3cccc(C)c3)cc2)C(=O)OC(=O)[C@@H]2CCCN2)cc1. The molecule has 3 aromatic carbocycles. The lowest BCUT2D eigenvalue weighted by atomic mass is 10.1. The molecule has 0 spiro atoms. The highest BCUT2D eigenvalue weighted by molar-refractivity contribution is 7.89. The van der Waals surface area contributed by atoms with Gasteiger partial charge < -0.3 is 20.7 Å². The Bertz CT molecular complexity index is 1470. The minimum atomic E-state index is -4.10. The first-order valence-electron chi connectivity index (χ1n) is 12.9. The number of amides is 2. The number of sulfonamides is 1. The van der Waals surface area contributed by atoms with Gasteiger partial charge in [0, 0.05) is 11.4 Å². The molecule has 4 N–H and O–H groups in total. The number of esters is 2. The lowest BCUT2D eigenvalue weighted by molar-refractivity contribution is -0.162. The topological polar surface area (TPSA) is 143 Å². The monoisotopic (exact) mass is 564 g/mol. The molecule has 1 aliphatic heterocycles. The van der Waals surface area contributed by atoms with Gasteiger partial charge in [0.2, 0.25) is 10.0 Å². The van der Waals surface area contributed by atoms with Gasteiger partial charge in [0.1, 0.15) is 12.1 Å². The third kappa shape index (κ3) is 7.98. The summed E-state index contributed by atoms with van der Waals surface area (Å²) in [6.45, 7) is 4.39. The fourth-order valence-electron chi connectivity index (χ4n) is 4.25. The molecule has 0 unspecified atom stereocenters. The highest BCUT2D eigenvalue weighted by atomic mass is 32.2. The molecule has 2 atom stereocenters. The van der Waals surface area contributed by atoms with Gasteiger partial charge in [-0.25, -0.2) is 22.8 Å². The zero-order valence-corrected chi connectivity index (χ0v) is 23.1. The number of carbonyl (C=O) groups excluding carboxylic acids is 3. The fourth-order valence-corrected chi connectivity index (χ4v) is 5.43. The van der Waals surface area contributed by atoms with Gasteiger partial charge in [-0.05, 0) is 87.2 Å². The van der Waals surface area contributed by atoms with Gasteiger partial charge >= 0.3 is 18.0 Å². The Balaban J connectivity index is 1.46. The molecule has 40 heavy (non-hydrogen) atoms. The van der Waals surface area contributed by atoms with Gasteiger partial charge in [-0.1, -0.05) is 42.0 Å². The molecular weight excluding hydrogens is 532 g/mol. The average Bonchev–Trinajstić information content (AvgIpc) is 3.45. The third-order valence-corrected chi connectivity index (χ3v) is 7.87. The summed E-state index contributed by atoms with van der Waals surface area (Å²) in [6, 6.07) is 17.8. The van der Waals surface area contributed by atoms with Crippen LogP contribution in [0.4, 0.5) is 16.2 Å². The van der Waals surface area contributed by atoms with Crippen molar-refractivity contribution in [1.29, 1.82) is 0 Å². The maximum Gasteiger partial charge on any atom is 0.332 e. The number of benzene rings is 3. The predicted octanol–water partition coefficient (Wildman–Crippen LogP) is 3.66. The number of rotatable bonds is 9. The van der Waals surface area contributed by atoms with E-state index >= 15 is 0 Å². The lowest BCUT2D eigenvalue weighted by Gasteiger charge is -2.19. The summed E-state index contributed by atoms with van der Waals surface area (Å²) in [5.74, 6) is -1.73. The van der Waals surface area contributed by atoms with Crippen molar-refractivity contribution in [3.63, 3.8) is 0 Å². The first-order valence-corrected chi connectivity index (χ1v) is 14.4. The summed E-state index contributed by atoms with van der Waals surface area (Å²) in [5.41, 5.74) is 3.62. The first kappa shape index (κ1) is 28.9. The van der Waals surface area contributed by atoms with Crippen LogP contribution in [0.2, 0.25) is 0 Å². The van der Waals surface area contributed by atoms with Crippen molar-refractivity contribution >= 4 is 39.4 Å². The van der Waals surface area contributed by atoms with Crippen LogP contribution >= 0.6 is 0 Å². The van der Waals surface area contributed by atoms with Crippen LogP contribution in [-0.2, 0) is 30.8 Å². The van der Waals surface area contributed by atoms with E-state index in [-0.39, 0.29) is 11.3 Å². The van der Waals surface area contributed by atoms with Crippen molar-refractivity contribution < 1.29 is 27.5 Å². The Morgan fingerprint density at radius 1 is 0.925 bits per heavy atom. The van der Waals surface area contributed by atoms with Gasteiger partial charge in [-0.15, -0.1) is 0 Å². The van der Waals surface area contributed by atoms with Gasteiger partial charge in [0.15, 0.2) is 0 Å². The summed E-state index contributed by atoms with van der Waals surface area (Å²) in [6.07, 6.45) is 1.24. The minimum absolute atomic E-state index is 0.0149. The number of ether oxygens (including phenoxy) is 1. The molecule has 0 aliphatic carbocycles. The highest BCUT2D eigenvalue weighted by Crippen LogP contribution is 2.17. The Morgan fingerprint density at radius 3 is 2.27 bits per heavy atom. The Hall–Kier alpha value is -4.06.